The van der Waals surface area contributed by atoms with E-state index in [-0.39, 0.29) is 23.8 Å². The van der Waals surface area contributed by atoms with Gasteiger partial charge in [-0.25, -0.2) is 4.98 Å². The van der Waals surface area contributed by atoms with Gasteiger partial charge < -0.3 is 15.5 Å². The van der Waals surface area contributed by atoms with Crippen LogP contribution in [0.1, 0.15) is 55.1 Å². The summed E-state index contributed by atoms with van der Waals surface area (Å²) in [6, 6.07) is 11.5. The van der Waals surface area contributed by atoms with Crippen LogP contribution in [0.5, 0.6) is 0 Å². The molecule has 6 nitrogen and oxygen atoms in total. The zero-order valence-corrected chi connectivity index (χ0v) is 17.5. The summed E-state index contributed by atoms with van der Waals surface area (Å²) >= 11 is 0. The van der Waals surface area contributed by atoms with Crippen molar-refractivity contribution in [2.75, 3.05) is 24.5 Å². The average molecular weight is 395 g/mol. The van der Waals surface area contributed by atoms with Crippen molar-refractivity contribution in [3.8, 4) is 0 Å². The van der Waals surface area contributed by atoms with E-state index in [0.717, 1.165) is 30.0 Å². The highest BCUT2D eigenvalue weighted by molar-refractivity contribution is 5.96. The fraction of sp³-hybridized carbons (Fsp3) is 0.435. The van der Waals surface area contributed by atoms with Crippen LogP contribution in [-0.4, -0.2) is 36.4 Å². The molecular weight excluding hydrogens is 364 g/mol. The number of amides is 2. The summed E-state index contributed by atoms with van der Waals surface area (Å²) in [4.78, 5) is 31.1. The lowest BCUT2D eigenvalue weighted by molar-refractivity contribution is -0.120. The molecule has 0 spiro atoms. The Labute approximate surface area is 172 Å². The lowest BCUT2D eigenvalue weighted by Crippen LogP contribution is -2.36. The van der Waals surface area contributed by atoms with E-state index in [1.807, 2.05) is 24.3 Å². The first-order valence-corrected chi connectivity index (χ1v) is 10.2. The Morgan fingerprint density at radius 1 is 1.00 bits per heavy atom. The Balaban J connectivity index is 1.43. The Morgan fingerprint density at radius 2 is 1.69 bits per heavy atom. The van der Waals surface area contributed by atoms with Crippen LogP contribution >= 0.6 is 0 Å². The van der Waals surface area contributed by atoms with Crippen LogP contribution < -0.4 is 15.5 Å². The number of hydrogen-bond acceptors (Lipinski definition) is 4. The fourth-order valence-electron chi connectivity index (χ4n) is 3.30. The van der Waals surface area contributed by atoms with Crippen molar-refractivity contribution < 1.29 is 9.59 Å². The molecule has 0 atom stereocenters. The van der Waals surface area contributed by atoms with Gasteiger partial charge in [-0.1, -0.05) is 39.0 Å². The quantitative estimate of drug-likeness (QED) is 0.790. The number of nitrogens with one attached hydrogen (secondary N) is 2. The summed E-state index contributed by atoms with van der Waals surface area (Å²) in [5.74, 6) is 0.507. The third kappa shape index (κ3) is 5.79. The molecule has 6 heteroatoms. The Hall–Kier alpha value is -2.89. The Morgan fingerprint density at radius 3 is 2.28 bits per heavy atom. The standard InChI is InChI=1S/C23H30N4O2/c1-23(2,3)19-9-7-18(8-10-19)22(29)26-16-21(28)25-15-17-6-11-20(24-14-17)27-12-4-5-13-27/h6-11,14H,4-5,12-13,15-16H2,1-3H3,(H,25,28)(H,26,29). The average Bonchev–Trinajstić information content (AvgIpc) is 3.25. The Bertz CT molecular complexity index is 833. The van der Waals surface area contributed by atoms with Crippen molar-refractivity contribution in [3.63, 3.8) is 0 Å². The van der Waals surface area contributed by atoms with E-state index in [1.54, 1.807) is 18.3 Å². The number of nitrogens with zero attached hydrogens (tertiary/aromatic N) is 2. The van der Waals surface area contributed by atoms with E-state index < -0.39 is 0 Å². The fourth-order valence-corrected chi connectivity index (χ4v) is 3.30. The SMILES string of the molecule is CC(C)(C)c1ccc(C(=O)NCC(=O)NCc2ccc(N3CCCC3)nc2)cc1. The van der Waals surface area contributed by atoms with Crippen LogP contribution in [0.3, 0.4) is 0 Å². The van der Waals surface area contributed by atoms with Crippen molar-refractivity contribution in [1.29, 1.82) is 0 Å². The van der Waals surface area contributed by atoms with Crippen LogP contribution in [-0.2, 0) is 16.8 Å². The van der Waals surface area contributed by atoms with Gasteiger partial charge in [0.15, 0.2) is 0 Å². The number of pyridine rings is 1. The van der Waals surface area contributed by atoms with Gasteiger partial charge in [0.25, 0.3) is 5.91 Å². The molecule has 0 aliphatic carbocycles. The predicted molar refractivity (Wildman–Crippen MR) is 115 cm³/mol. The topological polar surface area (TPSA) is 74.3 Å². The van der Waals surface area contributed by atoms with Gasteiger partial charge in [0.05, 0.1) is 6.54 Å². The third-order valence-electron chi connectivity index (χ3n) is 5.15. The molecular formula is C23H30N4O2. The molecule has 2 aromatic rings. The zero-order chi connectivity index (χ0) is 20.9. The highest BCUT2D eigenvalue weighted by Gasteiger charge is 2.15. The maximum absolute atomic E-state index is 12.2. The number of aromatic nitrogens is 1. The van der Waals surface area contributed by atoms with Gasteiger partial charge in [-0.05, 0) is 47.6 Å². The first-order chi connectivity index (χ1) is 13.8. The minimum atomic E-state index is -0.253. The highest BCUT2D eigenvalue weighted by atomic mass is 16.2. The van der Waals surface area contributed by atoms with E-state index in [4.69, 9.17) is 0 Å². The van der Waals surface area contributed by atoms with E-state index in [9.17, 15) is 9.59 Å². The van der Waals surface area contributed by atoms with Crippen LogP contribution in [0.4, 0.5) is 5.82 Å². The second kappa shape index (κ2) is 9.07. The van der Waals surface area contributed by atoms with Crippen molar-refractivity contribution in [2.24, 2.45) is 0 Å². The molecule has 2 heterocycles. The van der Waals surface area contributed by atoms with Gasteiger partial charge in [-0.2, -0.15) is 0 Å². The molecule has 0 unspecified atom stereocenters. The lowest BCUT2D eigenvalue weighted by atomic mass is 9.87. The minimum absolute atomic E-state index is 0.0381. The van der Waals surface area contributed by atoms with Crippen LogP contribution in [0, 0.1) is 0 Å². The van der Waals surface area contributed by atoms with Gasteiger partial charge in [-0.15, -0.1) is 0 Å². The van der Waals surface area contributed by atoms with E-state index in [0.29, 0.717) is 12.1 Å². The van der Waals surface area contributed by atoms with Gasteiger partial charge in [0, 0.05) is 31.4 Å². The van der Waals surface area contributed by atoms with Crippen molar-refractivity contribution in [3.05, 3.63) is 59.3 Å². The third-order valence-corrected chi connectivity index (χ3v) is 5.15. The monoisotopic (exact) mass is 394 g/mol. The summed E-state index contributed by atoms with van der Waals surface area (Å²) in [6.07, 6.45) is 4.22. The molecule has 1 aromatic heterocycles. The molecule has 154 valence electrons. The van der Waals surface area contributed by atoms with Gasteiger partial charge in [0.1, 0.15) is 5.82 Å². The number of rotatable bonds is 6. The number of benzene rings is 1. The largest absolute Gasteiger partial charge is 0.357 e. The number of carbonyl (C=O) groups is 2. The van der Waals surface area contributed by atoms with Gasteiger partial charge in [-0.3, -0.25) is 9.59 Å². The maximum atomic E-state index is 12.2. The summed E-state index contributed by atoms with van der Waals surface area (Å²) in [7, 11) is 0. The van der Waals surface area contributed by atoms with Crippen LogP contribution in [0.15, 0.2) is 42.6 Å². The van der Waals surface area contributed by atoms with Crippen LogP contribution in [0.2, 0.25) is 0 Å². The van der Waals surface area contributed by atoms with Crippen LogP contribution in [0.25, 0.3) is 0 Å². The number of carbonyl (C=O) groups excluding carboxylic acids is 2. The molecule has 2 N–H and O–H groups in total. The van der Waals surface area contributed by atoms with Crippen molar-refractivity contribution >= 4 is 17.6 Å². The van der Waals surface area contributed by atoms with Crippen molar-refractivity contribution in [1.82, 2.24) is 15.6 Å². The minimum Gasteiger partial charge on any atom is -0.357 e. The summed E-state index contributed by atoms with van der Waals surface area (Å²) in [5, 5.41) is 5.48. The zero-order valence-electron chi connectivity index (χ0n) is 17.5. The molecule has 0 radical (unpaired) electrons. The first kappa shape index (κ1) is 20.8. The lowest BCUT2D eigenvalue weighted by Gasteiger charge is -2.19. The molecule has 0 saturated carbocycles. The molecule has 1 fully saturated rings. The molecule has 2 amide bonds. The second-order valence-corrected chi connectivity index (χ2v) is 8.51. The second-order valence-electron chi connectivity index (χ2n) is 8.51. The molecule has 3 rings (SSSR count). The maximum Gasteiger partial charge on any atom is 0.251 e. The summed E-state index contributed by atoms with van der Waals surface area (Å²) in [6.45, 7) is 8.83. The predicted octanol–water partition coefficient (Wildman–Crippen LogP) is 3.03. The van der Waals surface area contributed by atoms with Gasteiger partial charge in [0.2, 0.25) is 5.91 Å². The molecule has 1 aliphatic rings. The van der Waals surface area contributed by atoms with E-state index in [1.165, 1.54) is 12.8 Å². The normalized spacial score (nSPS) is 14.0. The smallest absolute Gasteiger partial charge is 0.251 e. The first-order valence-electron chi connectivity index (χ1n) is 10.2. The number of hydrogen-bond donors (Lipinski definition) is 2. The summed E-state index contributed by atoms with van der Waals surface area (Å²) < 4.78 is 0. The molecule has 1 aromatic carbocycles. The van der Waals surface area contributed by atoms with E-state index in [2.05, 4.69) is 41.3 Å². The molecule has 0 bridgehead atoms. The summed E-state index contributed by atoms with van der Waals surface area (Å²) in [5.41, 5.74) is 2.69. The molecule has 1 aliphatic heterocycles. The molecule has 1 saturated heterocycles. The Kier molecular flexibility index (Phi) is 6.52. The van der Waals surface area contributed by atoms with Crippen molar-refractivity contribution in [2.45, 2.75) is 45.6 Å². The van der Waals surface area contributed by atoms with E-state index >= 15 is 0 Å². The number of anilines is 1. The van der Waals surface area contributed by atoms with Gasteiger partial charge >= 0.3 is 0 Å². The highest BCUT2D eigenvalue weighted by Crippen LogP contribution is 2.22. The molecule has 29 heavy (non-hydrogen) atoms.